The lowest BCUT2D eigenvalue weighted by Crippen LogP contribution is -2.26. The van der Waals surface area contributed by atoms with Crippen molar-refractivity contribution in [3.8, 4) is 0 Å². The lowest BCUT2D eigenvalue weighted by molar-refractivity contribution is 0.543. The zero-order valence-electron chi connectivity index (χ0n) is 8.87. The molecule has 4 nitrogen and oxygen atoms in total. The van der Waals surface area contributed by atoms with Crippen molar-refractivity contribution >= 4 is 11.6 Å². The summed E-state index contributed by atoms with van der Waals surface area (Å²) in [6.07, 6.45) is 1.89. The maximum atomic E-state index is 6.08. The number of nitrogens with zero attached hydrogens (tertiary/aromatic N) is 3. The molecule has 0 aliphatic heterocycles. The molecule has 1 aromatic rings. The molecule has 5 heteroatoms. The molecule has 0 amide bonds. The van der Waals surface area contributed by atoms with Crippen molar-refractivity contribution in [3.05, 3.63) is 11.9 Å². The van der Waals surface area contributed by atoms with Crippen LogP contribution in [0.3, 0.4) is 0 Å². The summed E-state index contributed by atoms with van der Waals surface area (Å²) in [6, 6.07) is 0. The van der Waals surface area contributed by atoms with E-state index in [4.69, 9.17) is 11.6 Å². The minimum Gasteiger partial charge on any atom is -0.310 e. The number of aromatic nitrogens is 3. The second-order valence-corrected chi connectivity index (χ2v) is 4.34. The summed E-state index contributed by atoms with van der Waals surface area (Å²) >= 11 is 6.08. The third-order valence-corrected chi connectivity index (χ3v) is 2.68. The molecule has 0 radical (unpaired) electrons. The number of aryl methyl sites for hydroxylation is 1. The topological polar surface area (TPSA) is 42.7 Å². The van der Waals surface area contributed by atoms with E-state index in [0.717, 1.165) is 18.8 Å². The van der Waals surface area contributed by atoms with Crippen LogP contribution in [0, 0.1) is 5.92 Å². The first kappa shape index (κ1) is 11.5. The molecule has 1 aromatic heterocycles. The predicted molar refractivity (Wildman–Crippen MR) is 57.2 cm³/mol. The molecule has 0 saturated heterocycles. The van der Waals surface area contributed by atoms with Crippen LogP contribution in [0.15, 0.2) is 6.20 Å². The average molecular weight is 217 g/mol. The van der Waals surface area contributed by atoms with E-state index < -0.39 is 0 Å². The highest BCUT2D eigenvalue weighted by Crippen LogP contribution is 2.07. The van der Waals surface area contributed by atoms with Crippen molar-refractivity contribution < 1.29 is 0 Å². The van der Waals surface area contributed by atoms with E-state index in [9.17, 15) is 0 Å². The quantitative estimate of drug-likeness (QED) is 0.752. The third-order valence-electron chi connectivity index (χ3n) is 2.02. The zero-order chi connectivity index (χ0) is 10.6. The number of hydrogen-bond donors (Lipinski definition) is 1. The fraction of sp³-hybridized carbons (Fsp3) is 0.778. The molecule has 14 heavy (non-hydrogen) atoms. The van der Waals surface area contributed by atoms with Gasteiger partial charge in [0.15, 0.2) is 0 Å². The number of alkyl halides is 1. The largest absolute Gasteiger partial charge is 0.310 e. The van der Waals surface area contributed by atoms with Crippen LogP contribution < -0.4 is 5.32 Å². The highest BCUT2D eigenvalue weighted by molar-refractivity contribution is 6.20. The lowest BCUT2D eigenvalue weighted by atomic mass is 10.1. The van der Waals surface area contributed by atoms with Crippen molar-refractivity contribution in [2.45, 2.75) is 25.8 Å². The van der Waals surface area contributed by atoms with Crippen molar-refractivity contribution in [1.82, 2.24) is 20.3 Å². The standard InChI is InChI=1S/C9H17ClN4/c1-7(2)9(10)5-11-4-8-6-14(3)13-12-8/h6-7,9,11H,4-5H2,1-3H3. The van der Waals surface area contributed by atoms with Crippen LogP contribution in [0.1, 0.15) is 19.5 Å². The minimum atomic E-state index is 0.173. The molecule has 80 valence electrons. The summed E-state index contributed by atoms with van der Waals surface area (Å²) < 4.78 is 1.69. The number of nitrogens with one attached hydrogen (secondary N) is 1. The van der Waals surface area contributed by atoms with Gasteiger partial charge in [-0.15, -0.1) is 16.7 Å². The third kappa shape index (κ3) is 3.64. The van der Waals surface area contributed by atoms with Crippen LogP contribution in [-0.2, 0) is 13.6 Å². The highest BCUT2D eigenvalue weighted by Gasteiger charge is 2.08. The van der Waals surface area contributed by atoms with Gasteiger partial charge in [-0.3, -0.25) is 4.68 Å². The van der Waals surface area contributed by atoms with Crippen molar-refractivity contribution in [1.29, 1.82) is 0 Å². The molecule has 1 rings (SSSR count). The van der Waals surface area contributed by atoms with Gasteiger partial charge in [-0.05, 0) is 5.92 Å². The molecular formula is C9H17ClN4. The van der Waals surface area contributed by atoms with Gasteiger partial charge in [-0.2, -0.15) is 0 Å². The Bertz CT molecular complexity index is 272. The van der Waals surface area contributed by atoms with E-state index in [2.05, 4.69) is 29.5 Å². The van der Waals surface area contributed by atoms with Gasteiger partial charge in [0.25, 0.3) is 0 Å². The Labute approximate surface area is 89.6 Å². The first-order valence-electron chi connectivity index (χ1n) is 4.79. The summed E-state index contributed by atoms with van der Waals surface area (Å²) in [5.74, 6) is 0.492. The Hall–Kier alpha value is -0.610. The van der Waals surface area contributed by atoms with Crippen LogP contribution in [0.2, 0.25) is 0 Å². The lowest BCUT2D eigenvalue weighted by Gasteiger charge is -2.13. The molecule has 0 fully saturated rings. The second kappa shape index (κ2) is 5.32. The van der Waals surface area contributed by atoms with E-state index in [1.807, 2.05) is 13.2 Å². The zero-order valence-corrected chi connectivity index (χ0v) is 9.62. The first-order chi connectivity index (χ1) is 6.59. The fourth-order valence-electron chi connectivity index (χ4n) is 1.05. The Morgan fingerprint density at radius 1 is 1.57 bits per heavy atom. The highest BCUT2D eigenvalue weighted by atomic mass is 35.5. The summed E-state index contributed by atoms with van der Waals surface area (Å²) in [7, 11) is 1.86. The van der Waals surface area contributed by atoms with Gasteiger partial charge < -0.3 is 5.32 Å². The molecule has 1 atom stereocenters. The molecular weight excluding hydrogens is 200 g/mol. The van der Waals surface area contributed by atoms with Crippen LogP contribution in [0.5, 0.6) is 0 Å². The van der Waals surface area contributed by atoms with Crippen LogP contribution in [0.25, 0.3) is 0 Å². The summed E-state index contributed by atoms with van der Waals surface area (Å²) in [6.45, 7) is 5.75. The fourth-order valence-corrected chi connectivity index (χ4v) is 1.16. The van der Waals surface area contributed by atoms with Crippen molar-refractivity contribution in [2.24, 2.45) is 13.0 Å². The summed E-state index contributed by atoms with van der Waals surface area (Å²) in [4.78, 5) is 0. The summed E-state index contributed by atoms with van der Waals surface area (Å²) in [5.41, 5.74) is 0.945. The van der Waals surface area contributed by atoms with E-state index in [1.54, 1.807) is 4.68 Å². The van der Waals surface area contributed by atoms with Gasteiger partial charge in [0.2, 0.25) is 0 Å². The van der Waals surface area contributed by atoms with Crippen LogP contribution >= 0.6 is 11.6 Å². The van der Waals surface area contributed by atoms with Crippen molar-refractivity contribution in [3.63, 3.8) is 0 Å². The Kier molecular flexibility index (Phi) is 4.35. The van der Waals surface area contributed by atoms with Gasteiger partial charge in [0.05, 0.1) is 5.69 Å². The van der Waals surface area contributed by atoms with Crippen LogP contribution in [-0.4, -0.2) is 26.9 Å². The van der Waals surface area contributed by atoms with Crippen molar-refractivity contribution in [2.75, 3.05) is 6.54 Å². The predicted octanol–water partition coefficient (Wildman–Crippen LogP) is 1.17. The SMILES string of the molecule is CC(C)C(Cl)CNCc1cn(C)nn1. The molecule has 0 bridgehead atoms. The minimum absolute atomic E-state index is 0.173. The van der Waals surface area contributed by atoms with Gasteiger partial charge in [-0.1, -0.05) is 19.1 Å². The van der Waals surface area contributed by atoms with Gasteiger partial charge in [0, 0.05) is 31.7 Å². The number of halogens is 1. The smallest absolute Gasteiger partial charge is 0.0964 e. The first-order valence-corrected chi connectivity index (χ1v) is 5.23. The Morgan fingerprint density at radius 3 is 2.79 bits per heavy atom. The Morgan fingerprint density at radius 2 is 2.29 bits per heavy atom. The van der Waals surface area contributed by atoms with E-state index in [1.165, 1.54) is 0 Å². The van der Waals surface area contributed by atoms with E-state index in [0.29, 0.717) is 5.92 Å². The van der Waals surface area contributed by atoms with Gasteiger partial charge in [-0.25, -0.2) is 0 Å². The Balaban J connectivity index is 2.22. The molecule has 1 N–H and O–H groups in total. The molecule has 1 heterocycles. The second-order valence-electron chi connectivity index (χ2n) is 3.77. The molecule has 1 unspecified atom stereocenters. The number of hydrogen-bond acceptors (Lipinski definition) is 3. The molecule has 0 aromatic carbocycles. The molecule has 0 aliphatic carbocycles. The molecule has 0 saturated carbocycles. The molecule has 0 spiro atoms. The van der Waals surface area contributed by atoms with Gasteiger partial charge >= 0.3 is 0 Å². The van der Waals surface area contributed by atoms with E-state index >= 15 is 0 Å². The van der Waals surface area contributed by atoms with Gasteiger partial charge in [0.1, 0.15) is 0 Å². The van der Waals surface area contributed by atoms with E-state index in [-0.39, 0.29) is 5.38 Å². The maximum Gasteiger partial charge on any atom is 0.0964 e. The van der Waals surface area contributed by atoms with Crippen LogP contribution in [0.4, 0.5) is 0 Å². The summed E-state index contributed by atoms with van der Waals surface area (Å²) in [5, 5.41) is 11.2. The monoisotopic (exact) mass is 216 g/mol. The average Bonchev–Trinajstić information content (AvgIpc) is 2.51. The maximum absolute atomic E-state index is 6.08. The molecule has 0 aliphatic rings. The number of rotatable bonds is 5. The normalized spacial score (nSPS) is 13.5.